The van der Waals surface area contributed by atoms with Crippen LogP contribution in [0.15, 0.2) is 48.5 Å². The summed E-state index contributed by atoms with van der Waals surface area (Å²) in [7, 11) is 0. The summed E-state index contributed by atoms with van der Waals surface area (Å²) in [6.45, 7) is 2.45. The number of hydrogen-bond donors (Lipinski definition) is 3. The van der Waals surface area contributed by atoms with Gasteiger partial charge in [-0.3, -0.25) is 0 Å². The van der Waals surface area contributed by atoms with E-state index in [0.29, 0.717) is 47.6 Å². The van der Waals surface area contributed by atoms with Gasteiger partial charge < -0.3 is 29.9 Å². The minimum Gasteiger partial charge on any atom is -0.508 e. The molecule has 0 unspecified atom stereocenters. The molecule has 2 bridgehead atoms. The Balaban J connectivity index is 1.37. The maximum Gasteiger partial charge on any atom is 0.319 e. The predicted molar refractivity (Wildman–Crippen MR) is 142 cm³/mol. The van der Waals surface area contributed by atoms with Crippen LogP contribution in [0, 0.1) is 11.2 Å². The molecule has 8 nitrogen and oxygen atoms in total. The van der Waals surface area contributed by atoms with Crippen molar-refractivity contribution in [1.82, 2.24) is 15.3 Å². The lowest BCUT2D eigenvalue weighted by molar-refractivity contribution is -0.154. The smallest absolute Gasteiger partial charge is 0.319 e. The van der Waals surface area contributed by atoms with E-state index < -0.39 is 11.2 Å². The first-order chi connectivity index (χ1) is 18.5. The highest BCUT2D eigenvalue weighted by atomic mass is 19.1. The van der Waals surface area contributed by atoms with E-state index in [0.717, 1.165) is 36.7 Å². The van der Waals surface area contributed by atoms with Gasteiger partial charge in [0.05, 0.1) is 25.2 Å². The number of nitrogens with one attached hydrogen (secondary N) is 1. The molecule has 1 aromatic heterocycles. The number of benzene rings is 3. The van der Waals surface area contributed by atoms with Gasteiger partial charge in [0, 0.05) is 36.1 Å². The van der Waals surface area contributed by atoms with Gasteiger partial charge in [-0.1, -0.05) is 30.3 Å². The Morgan fingerprint density at radius 3 is 2.55 bits per heavy atom. The van der Waals surface area contributed by atoms with Crippen LogP contribution in [0.5, 0.6) is 11.8 Å². The van der Waals surface area contributed by atoms with Crippen LogP contribution in [0.3, 0.4) is 0 Å². The minimum atomic E-state index is -0.493. The summed E-state index contributed by atoms with van der Waals surface area (Å²) in [6.07, 6.45) is 2.21. The molecule has 9 heteroatoms. The number of aliphatic hydroxyl groups is 1. The molecule has 196 valence electrons. The number of ether oxygens (including phenoxy) is 2. The quantitative estimate of drug-likeness (QED) is 0.357. The number of fused-ring (bicyclic) bond motifs is 4. The maximum atomic E-state index is 16.4. The minimum absolute atomic E-state index is 0.0684. The summed E-state index contributed by atoms with van der Waals surface area (Å²) in [5, 5.41) is 26.1. The lowest BCUT2D eigenvalue weighted by Crippen LogP contribution is -2.51. The first-order valence-electron chi connectivity index (χ1n) is 13.1. The second-order valence-electron chi connectivity index (χ2n) is 10.8. The molecule has 2 atom stereocenters. The van der Waals surface area contributed by atoms with Gasteiger partial charge in [-0.15, -0.1) is 0 Å². The summed E-state index contributed by atoms with van der Waals surface area (Å²) in [4.78, 5) is 11.5. The van der Waals surface area contributed by atoms with E-state index >= 15 is 4.39 Å². The van der Waals surface area contributed by atoms with Gasteiger partial charge in [-0.25, -0.2) is 4.39 Å². The molecule has 3 N–H and O–H groups in total. The average Bonchev–Trinajstić information content (AvgIpc) is 3.25. The number of rotatable bonds is 6. The van der Waals surface area contributed by atoms with Crippen LogP contribution in [0.25, 0.3) is 32.8 Å². The van der Waals surface area contributed by atoms with Crippen molar-refractivity contribution in [3.63, 3.8) is 0 Å². The van der Waals surface area contributed by atoms with Crippen LogP contribution >= 0.6 is 0 Å². The van der Waals surface area contributed by atoms with E-state index in [1.54, 1.807) is 18.2 Å². The molecule has 3 aliphatic rings. The molecule has 3 fully saturated rings. The fraction of sp³-hybridized carbons (Fsp3) is 0.379. The normalized spacial score (nSPS) is 22.1. The molecular weight excluding hydrogens is 487 g/mol. The third-order valence-electron chi connectivity index (χ3n) is 8.08. The molecule has 0 aliphatic carbocycles. The van der Waals surface area contributed by atoms with Crippen molar-refractivity contribution in [3.05, 3.63) is 54.3 Å². The Morgan fingerprint density at radius 2 is 1.82 bits per heavy atom. The van der Waals surface area contributed by atoms with E-state index in [1.165, 1.54) is 0 Å². The van der Waals surface area contributed by atoms with Crippen LogP contribution in [0.2, 0.25) is 0 Å². The number of hydrogen-bond acceptors (Lipinski definition) is 8. The summed E-state index contributed by atoms with van der Waals surface area (Å²) >= 11 is 0. The monoisotopic (exact) mass is 516 g/mol. The van der Waals surface area contributed by atoms with Crippen LogP contribution in [-0.4, -0.2) is 71.8 Å². The second-order valence-corrected chi connectivity index (χ2v) is 10.8. The van der Waals surface area contributed by atoms with E-state index in [4.69, 9.17) is 14.5 Å². The van der Waals surface area contributed by atoms with Crippen LogP contribution in [0.4, 0.5) is 10.2 Å². The summed E-state index contributed by atoms with van der Waals surface area (Å²) in [6, 6.07) is 15.3. The molecule has 0 radical (unpaired) electrons. The molecule has 3 aliphatic heterocycles. The first kappa shape index (κ1) is 23.6. The molecule has 0 saturated carbocycles. The molecule has 3 aromatic carbocycles. The second kappa shape index (κ2) is 9.04. The third-order valence-corrected chi connectivity index (χ3v) is 8.08. The van der Waals surface area contributed by atoms with Gasteiger partial charge in [0.25, 0.3) is 0 Å². The number of nitrogens with zero attached hydrogens (tertiary/aromatic N) is 3. The van der Waals surface area contributed by atoms with E-state index in [1.807, 2.05) is 30.3 Å². The Hall–Kier alpha value is -3.53. The van der Waals surface area contributed by atoms with Gasteiger partial charge in [-0.2, -0.15) is 9.97 Å². The van der Waals surface area contributed by atoms with Gasteiger partial charge in [-0.05, 0) is 47.4 Å². The van der Waals surface area contributed by atoms with Crippen molar-refractivity contribution >= 4 is 27.5 Å². The third kappa shape index (κ3) is 3.93. The SMILES string of the molecule is OCC1(COc2nc(N3C[C@H]4CC[C@@H](C3)N4)c3ccc(-c4cc(O)cc5ccccc45)c(F)c3n2)COC1. The molecule has 38 heavy (non-hydrogen) atoms. The Bertz CT molecular complexity index is 1530. The zero-order valence-corrected chi connectivity index (χ0v) is 20.9. The molecular formula is C29H29FN4O4. The number of phenolic OH excluding ortho intramolecular Hbond substituents is 1. The number of aromatic hydroxyl groups is 1. The van der Waals surface area contributed by atoms with E-state index in [9.17, 15) is 10.2 Å². The van der Waals surface area contributed by atoms with Crippen LogP contribution < -0.4 is 15.0 Å². The molecule has 7 rings (SSSR count). The highest BCUT2D eigenvalue weighted by Crippen LogP contribution is 2.39. The van der Waals surface area contributed by atoms with Gasteiger partial charge in [0.2, 0.25) is 0 Å². The lowest BCUT2D eigenvalue weighted by atomic mass is 9.88. The van der Waals surface area contributed by atoms with E-state index in [-0.39, 0.29) is 30.5 Å². The van der Waals surface area contributed by atoms with Crippen molar-refractivity contribution in [3.8, 4) is 22.9 Å². The summed E-state index contributed by atoms with van der Waals surface area (Å²) < 4.78 is 27.7. The van der Waals surface area contributed by atoms with Crippen molar-refractivity contribution in [1.29, 1.82) is 0 Å². The summed E-state index contributed by atoms with van der Waals surface area (Å²) in [5.41, 5.74) is 0.616. The van der Waals surface area contributed by atoms with Crippen LogP contribution in [0.1, 0.15) is 12.8 Å². The Kier molecular flexibility index (Phi) is 5.61. The molecule has 4 aromatic rings. The number of halogens is 1. The number of phenols is 1. The fourth-order valence-corrected chi connectivity index (χ4v) is 5.96. The Morgan fingerprint density at radius 1 is 1.03 bits per heavy atom. The zero-order valence-electron chi connectivity index (χ0n) is 20.9. The maximum absolute atomic E-state index is 16.4. The number of piperazine rings is 1. The standard InChI is InChI=1S/C29H29FN4O4/c30-25-22(24-10-20(36)9-17-3-1-2-4-21(17)24)7-8-23-26(25)32-28(38-16-29(13-35)14-37-15-29)33-27(23)34-11-18-5-6-19(12-34)31-18/h1-4,7-10,18-19,31,35-36H,5-6,11-16H2/t18-,19+. The summed E-state index contributed by atoms with van der Waals surface area (Å²) in [5.74, 6) is 0.227. The Labute approximate surface area is 219 Å². The lowest BCUT2D eigenvalue weighted by Gasteiger charge is -2.39. The van der Waals surface area contributed by atoms with E-state index in [2.05, 4.69) is 15.2 Å². The van der Waals surface area contributed by atoms with Gasteiger partial charge >= 0.3 is 6.01 Å². The van der Waals surface area contributed by atoms with Crippen molar-refractivity contribution in [2.45, 2.75) is 24.9 Å². The topological polar surface area (TPSA) is 100.0 Å². The number of anilines is 1. The highest BCUT2D eigenvalue weighted by molar-refractivity contribution is 6.01. The van der Waals surface area contributed by atoms with Crippen molar-refractivity contribution in [2.24, 2.45) is 5.41 Å². The van der Waals surface area contributed by atoms with Gasteiger partial charge in [0.15, 0.2) is 5.82 Å². The molecule has 3 saturated heterocycles. The highest BCUT2D eigenvalue weighted by Gasteiger charge is 2.40. The molecule has 4 heterocycles. The first-order valence-corrected chi connectivity index (χ1v) is 13.1. The number of aliphatic hydroxyl groups excluding tert-OH is 1. The van der Waals surface area contributed by atoms with Gasteiger partial charge in [0.1, 0.15) is 23.7 Å². The van der Waals surface area contributed by atoms with Crippen LogP contribution in [-0.2, 0) is 4.74 Å². The van der Waals surface area contributed by atoms with Crippen molar-refractivity contribution in [2.75, 3.05) is 44.4 Å². The predicted octanol–water partition coefficient (Wildman–Crippen LogP) is 3.62. The molecule has 0 amide bonds. The zero-order chi connectivity index (χ0) is 25.9. The number of aromatic nitrogens is 2. The van der Waals surface area contributed by atoms with Crippen molar-refractivity contribution < 1.29 is 24.1 Å². The largest absolute Gasteiger partial charge is 0.508 e. The fourth-order valence-electron chi connectivity index (χ4n) is 5.96. The average molecular weight is 517 g/mol. The molecule has 0 spiro atoms.